The molecular weight excluding hydrogens is 340 g/mol. The van der Waals surface area contributed by atoms with Gasteiger partial charge < -0.3 is 4.74 Å². The van der Waals surface area contributed by atoms with Crippen LogP contribution in [-0.4, -0.2) is 12.4 Å². The molecule has 0 amide bonds. The van der Waals surface area contributed by atoms with Crippen LogP contribution in [0.25, 0.3) is 0 Å². The first-order valence-electron chi connectivity index (χ1n) is 6.30. The van der Waals surface area contributed by atoms with Crippen molar-refractivity contribution in [1.29, 1.82) is 0 Å². The van der Waals surface area contributed by atoms with Crippen LogP contribution in [0.4, 0.5) is 0 Å². The highest BCUT2D eigenvalue weighted by Crippen LogP contribution is 2.27. The average Bonchev–Trinajstić information content (AvgIpc) is 2.46. The van der Waals surface area contributed by atoms with E-state index in [1.165, 1.54) is 5.56 Å². The molecule has 0 aliphatic heterocycles. The predicted molar refractivity (Wildman–Crippen MR) is 84.8 cm³/mol. The third kappa shape index (κ3) is 3.84. The first-order valence-corrected chi connectivity index (χ1v) is 7.47. The Balaban J connectivity index is 2.00. The Kier molecular flexibility index (Phi) is 5.21. The number of halogens is 2. The lowest BCUT2D eigenvalue weighted by atomic mass is 10.1. The molecule has 0 aliphatic carbocycles. The van der Waals surface area contributed by atoms with E-state index in [0.717, 1.165) is 10.9 Å². The quantitative estimate of drug-likeness (QED) is 0.713. The van der Waals surface area contributed by atoms with Crippen molar-refractivity contribution >= 4 is 33.3 Å². The molecule has 2 aromatic carbocycles. The van der Waals surface area contributed by atoms with Crippen molar-refractivity contribution in [1.82, 2.24) is 0 Å². The number of hydrogen-bond acceptors (Lipinski definition) is 2. The van der Waals surface area contributed by atoms with Gasteiger partial charge in [-0.1, -0.05) is 58.7 Å². The van der Waals surface area contributed by atoms with Gasteiger partial charge in [-0.05, 0) is 30.2 Å². The number of benzene rings is 2. The topological polar surface area (TPSA) is 26.3 Å². The molecule has 20 heavy (non-hydrogen) atoms. The van der Waals surface area contributed by atoms with Crippen molar-refractivity contribution in [2.75, 3.05) is 6.61 Å². The van der Waals surface area contributed by atoms with Gasteiger partial charge in [-0.15, -0.1) is 0 Å². The number of ether oxygens (including phenoxy) is 1. The van der Waals surface area contributed by atoms with Gasteiger partial charge in [-0.25, -0.2) is 0 Å². The minimum atomic E-state index is -0.0633. The van der Waals surface area contributed by atoms with E-state index in [1.54, 1.807) is 12.1 Å². The van der Waals surface area contributed by atoms with Crippen molar-refractivity contribution in [3.63, 3.8) is 0 Å². The summed E-state index contributed by atoms with van der Waals surface area (Å²) in [5.74, 6) is 0.444. The smallest absolute Gasteiger partial charge is 0.200 e. The van der Waals surface area contributed by atoms with Crippen molar-refractivity contribution < 1.29 is 9.53 Å². The van der Waals surface area contributed by atoms with Crippen LogP contribution in [0.15, 0.2) is 46.9 Å². The first kappa shape index (κ1) is 15.1. The lowest BCUT2D eigenvalue weighted by Crippen LogP contribution is -2.11. The second kappa shape index (κ2) is 6.91. The number of hydrogen-bond donors (Lipinski definition) is 0. The van der Waals surface area contributed by atoms with Crippen molar-refractivity contribution in [3.8, 4) is 5.75 Å². The molecule has 0 N–H and O–H groups in total. The van der Waals surface area contributed by atoms with Crippen LogP contribution in [0.3, 0.4) is 0 Å². The Morgan fingerprint density at radius 1 is 1.20 bits per heavy atom. The molecule has 0 radical (unpaired) electrons. The first-order chi connectivity index (χ1) is 9.60. The molecule has 0 unspecified atom stereocenters. The number of Topliss-reactive ketones (excluding diaryl/α,β-unsaturated/α-hetero) is 1. The minimum absolute atomic E-state index is 0.0210. The third-order valence-corrected chi connectivity index (χ3v) is 3.73. The summed E-state index contributed by atoms with van der Waals surface area (Å²) in [6, 6.07) is 12.9. The van der Waals surface area contributed by atoms with Gasteiger partial charge in [0.15, 0.2) is 12.4 Å². The molecule has 0 saturated carbocycles. The van der Waals surface area contributed by atoms with E-state index < -0.39 is 0 Å². The van der Waals surface area contributed by atoms with Crippen LogP contribution in [0.2, 0.25) is 5.02 Å². The van der Waals surface area contributed by atoms with Gasteiger partial charge in [0.2, 0.25) is 0 Å². The zero-order chi connectivity index (χ0) is 14.5. The standard InChI is InChI=1S/C16H14BrClO2/c1-2-11-3-5-12(6-4-11)15(19)10-20-16-8-7-13(17)9-14(16)18/h3-9H,2,10H2,1H3. The number of ketones is 1. The van der Waals surface area contributed by atoms with E-state index in [2.05, 4.69) is 22.9 Å². The Morgan fingerprint density at radius 2 is 1.90 bits per heavy atom. The molecular formula is C16H14BrClO2. The molecule has 0 aromatic heterocycles. The van der Waals surface area contributed by atoms with E-state index in [4.69, 9.17) is 16.3 Å². The monoisotopic (exact) mass is 352 g/mol. The second-order valence-corrected chi connectivity index (χ2v) is 5.66. The maximum Gasteiger partial charge on any atom is 0.200 e. The Morgan fingerprint density at radius 3 is 2.50 bits per heavy atom. The molecule has 0 heterocycles. The molecule has 2 aromatic rings. The maximum absolute atomic E-state index is 12.0. The summed E-state index contributed by atoms with van der Waals surface area (Å²) < 4.78 is 6.33. The predicted octanol–water partition coefficient (Wildman–Crippen LogP) is 4.93. The van der Waals surface area contributed by atoms with Gasteiger partial charge >= 0.3 is 0 Å². The molecule has 0 bridgehead atoms. The lowest BCUT2D eigenvalue weighted by Gasteiger charge is -2.08. The summed E-state index contributed by atoms with van der Waals surface area (Å²) in [6.45, 7) is 2.06. The molecule has 0 spiro atoms. The van der Waals surface area contributed by atoms with Gasteiger partial charge in [-0.2, -0.15) is 0 Å². The number of carbonyl (C=O) groups is 1. The van der Waals surface area contributed by atoms with Crippen molar-refractivity contribution in [3.05, 3.63) is 63.1 Å². The van der Waals surface area contributed by atoms with Gasteiger partial charge in [0.1, 0.15) is 5.75 Å². The molecule has 0 saturated heterocycles. The van der Waals surface area contributed by atoms with Gasteiger partial charge in [0.25, 0.3) is 0 Å². The summed E-state index contributed by atoms with van der Waals surface area (Å²) in [7, 11) is 0. The van der Waals surface area contributed by atoms with Crippen LogP contribution in [0, 0.1) is 0 Å². The van der Waals surface area contributed by atoms with Gasteiger partial charge in [-0.3, -0.25) is 4.79 Å². The summed E-state index contributed by atoms with van der Waals surface area (Å²) in [4.78, 5) is 12.0. The van der Waals surface area contributed by atoms with Crippen LogP contribution in [0.1, 0.15) is 22.8 Å². The number of aryl methyl sites for hydroxylation is 1. The molecule has 2 nitrogen and oxygen atoms in total. The highest BCUT2D eigenvalue weighted by molar-refractivity contribution is 9.10. The maximum atomic E-state index is 12.0. The molecule has 0 fully saturated rings. The van der Waals surface area contributed by atoms with E-state index >= 15 is 0 Å². The molecule has 104 valence electrons. The zero-order valence-electron chi connectivity index (χ0n) is 11.0. The zero-order valence-corrected chi connectivity index (χ0v) is 13.4. The van der Waals surface area contributed by atoms with Crippen LogP contribution in [-0.2, 0) is 6.42 Å². The summed E-state index contributed by atoms with van der Waals surface area (Å²) in [6.07, 6.45) is 0.958. The minimum Gasteiger partial charge on any atom is -0.484 e. The number of carbonyl (C=O) groups excluding carboxylic acids is 1. The van der Waals surface area contributed by atoms with E-state index in [-0.39, 0.29) is 12.4 Å². The second-order valence-electron chi connectivity index (χ2n) is 4.34. The summed E-state index contributed by atoms with van der Waals surface area (Å²) >= 11 is 9.35. The molecule has 2 rings (SSSR count). The molecule has 4 heteroatoms. The van der Waals surface area contributed by atoms with E-state index in [9.17, 15) is 4.79 Å². The van der Waals surface area contributed by atoms with E-state index in [0.29, 0.717) is 16.3 Å². The SMILES string of the molecule is CCc1ccc(C(=O)COc2ccc(Br)cc2Cl)cc1. The summed E-state index contributed by atoms with van der Waals surface area (Å²) in [5, 5.41) is 0.480. The number of rotatable bonds is 5. The molecule has 0 aliphatic rings. The van der Waals surface area contributed by atoms with Crippen molar-refractivity contribution in [2.24, 2.45) is 0 Å². The molecule has 0 atom stereocenters. The highest BCUT2D eigenvalue weighted by atomic mass is 79.9. The Bertz CT molecular complexity index is 608. The van der Waals surface area contributed by atoms with Gasteiger partial charge in [0.05, 0.1) is 5.02 Å². The Labute approximate surface area is 131 Å². The van der Waals surface area contributed by atoms with Gasteiger partial charge in [0, 0.05) is 10.0 Å². The van der Waals surface area contributed by atoms with Crippen LogP contribution >= 0.6 is 27.5 Å². The summed E-state index contributed by atoms with van der Waals surface area (Å²) in [5.41, 5.74) is 1.86. The third-order valence-electron chi connectivity index (χ3n) is 2.94. The normalized spacial score (nSPS) is 10.3. The van der Waals surface area contributed by atoms with Crippen LogP contribution < -0.4 is 4.74 Å². The Hall–Kier alpha value is -1.32. The highest BCUT2D eigenvalue weighted by Gasteiger charge is 2.08. The fourth-order valence-corrected chi connectivity index (χ4v) is 2.47. The fourth-order valence-electron chi connectivity index (χ4n) is 1.75. The van der Waals surface area contributed by atoms with Crippen LogP contribution in [0.5, 0.6) is 5.75 Å². The largest absolute Gasteiger partial charge is 0.484 e. The fraction of sp³-hybridized carbons (Fsp3) is 0.188. The van der Waals surface area contributed by atoms with Crippen molar-refractivity contribution in [2.45, 2.75) is 13.3 Å². The lowest BCUT2D eigenvalue weighted by molar-refractivity contribution is 0.0921. The van der Waals surface area contributed by atoms with E-state index in [1.807, 2.05) is 30.3 Å². The average molecular weight is 354 g/mol.